The fourth-order valence-electron chi connectivity index (χ4n) is 5.00. The number of hydrogen-bond donors (Lipinski definition) is 1. The quantitative estimate of drug-likeness (QED) is 0.458. The third-order valence-corrected chi connectivity index (χ3v) is 6.83. The molecule has 164 valence electrons. The van der Waals surface area contributed by atoms with E-state index in [0.717, 1.165) is 35.0 Å². The number of benzene rings is 1. The molecule has 7 heteroatoms. The zero-order chi connectivity index (χ0) is 22.1. The first-order valence-electron chi connectivity index (χ1n) is 11.0. The summed E-state index contributed by atoms with van der Waals surface area (Å²) >= 11 is 5.85. The summed E-state index contributed by atoms with van der Waals surface area (Å²) < 4.78 is 7.02. The number of methoxy groups -OCH3 is 1. The molecule has 1 aromatic carbocycles. The molecule has 2 aliphatic rings. The molecule has 1 saturated carbocycles. The van der Waals surface area contributed by atoms with Crippen LogP contribution in [-0.4, -0.2) is 38.7 Å². The molecular weight excluding hydrogens is 420 g/mol. The van der Waals surface area contributed by atoms with E-state index >= 15 is 0 Å². The molecule has 5 rings (SSSR count). The molecule has 0 amide bonds. The highest BCUT2D eigenvalue weighted by atomic mass is 32.1. The van der Waals surface area contributed by atoms with E-state index in [1.54, 1.807) is 12.1 Å². The van der Waals surface area contributed by atoms with Crippen molar-refractivity contribution < 1.29 is 9.53 Å². The van der Waals surface area contributed by atoms with Gasteiger partial charge in [-0.15, -0.1) is 0 Å². The standard InChI is InChI=1S/C25H26N4O2S/c1-31-24(30)17-11-13-18(14-12-17)28-16-6-10-21(28)23-22(20-9-4-5-15-26-20)27-25(32)29(23)19-7-2-3-8-19/h4-6,9-16,19,22-23H,2-3,7-8H2,1H3,(H,27,32)/t22-,23+/m0/s1. The van der Waals surface area contributed by atoms with E-state index < -0.39 is 0 Å². The van der Waals surface area contributed by atoms with Crippen LogP contribution in [0.5, 0.6) is 0 Å². The number of nitrogens with zero attached hydrogens (tertiary/aromatic N) is 3. The van der Waals surface area contributed by atoms with Crippen molar-refractivity contribution in [2.24, 2.45) is 0 Å². The Morgan fingerprint density at radius 2 is 1.88 bits per heavy atom. The summed E-state index contributed by atoms with van der Waals surface area (Å²) in [5.41, 5.74) is 3.65. The van der Waals surface area contributed by atoms with E-state index in [1.807, 2.05) is 30.5 Å². The van der Waals surface area contributed by atoms with Crippen LogP contribution in [0.25, 0.3) is 5.69 Å². The zero-order valence-electron chi connectivity index (χ0n) is 18.0. The van der Waals surface area contributed by atoms with Crippen LogP contribution in [0.3, 0.4) is 0 Å². The second-order valence-corrected chi connectivity index (χ2v) is 8.70. The van der Waals surface area contributed by atoms with Crippen molar-refractivity contribution in [1.82, 2.24) is 19.8 Å². The van der Waals surface area contributed by atoms with Crippen molar-refractivity contribution in [3.05, 3.63) is 83.9 Å². The summed E-state index contributed by atoms with van der Waals surface area (Å²) in [5.74, 6) is -0.336. The van der Waals surface area contributed by atoms with Crippen LogP contribution in [0.2, 0.25) is 0 Å². The van der Waals surface area contributed by atoms with E-state index in [2.05, 4.69) is 44.2 Å². The second kappa shape index (κ2) is 8.74. The number of rotatable bonds is 5. The van der Waals surface area contributed by atoms with Gasteiger partial charge in [0.1, 0.15) is 0 Å². The molecular formula is C25H26N4O2S. The summed E-state index contributed by atoms with van der Waals surface area (Å²) in [6.45, 7) is 0. The molecule has 2 fully saturated rings. The number of hydrogen-bond acceptors (Lipinski definition) is 4. The highest BCUT2D eigenvalue weighted by Gasteiger charge is 2.44. The Balaban J connectivity index is 1.57. The SMILES string of the molecule is COC(=O)c1ccc(-n2cccc2[C@@H]2[C@H](c3ccccn3)NC(=S)N2C2CCCC2)cc1. The molecule has 1 N–H and O–H groups in total. The largest absolute Gasteiger partial charge is 0.465 e. The van der Waals surface area contributed by atoms with E-state index in [9.17, 15) is 4.79 Å². The maximum Gasteiger partial charge on any atom is 0.337 e. The fraction of sp³-hybridized carbons (Fsp3) is 0.320. The normalized spacial score (nSPS) is 21.0. The monoisotopic (exact) mass is 446 g/mol. The molecule has 2 atom stereocenters. The number of pyridine rings is 1. The highest BCUT2D eigenvalue weighted by Crippen LogP contribution is 2.43. The molecule has 6 nitrogen and oxygen atoms in total. The Labute approximate surface area is 193 Å². The van der Waals surface area contributed by atoms with Crippen LogP contribution in [0.4, 0.5) is 0 Å². The molecule has 0 radical (unpaired) electrons. The molecule has 3 aromatic rings. The van der Waals surface area contributed by atoms with Gasteiger partial charge >= 0.3 is 5.97 Å². The maximum absolute atomic E-state index is 11.8. The minimum absolute atomic E-state index is 0.0239. The van der Waals surface area contributed by atoms with E-state index in [4.69, 9.17) is 17.0 Å². The molecule has 0 unspecified atom stereocenters. The molecule has 32 heavy (non-hydrogen) atoms. The van der Waals surface area contributed by atoms with E-state index in [0.29, 0.717) is 11.6 Å². The minimum Gasteiger partial charge on any atom is -0.465 e. The van der Waals surface area contributed by atoms with Gasteiger partial charge in [-0.1, -0.05) is 18.9 Å². The van der Waals surface area contributed by atoms with Gasteiger partial charge in [-0.25, -0.2) is 4.79 Å². The predicted molar refractivity (Wildman–Crippen MR) is 127 cm³/mol. The van der Waals surface area contributed by atoms with Gasteiger partial charge in [0.05, 0.1) is 30.5 Å². The van der Waals surface area contributed by atoms with Crippen molar-refractivity contribution in [3.63, 3.8) is 0 Å². The Bertz CT molecular complexity index is 1110. The lowest BCUT2D eigenvalue weighted by Gasteiger charge is -2.33. The topological polar surface area (TPSA) is 59.4 Å². The molecule has 1 aliphatic heterocycles. The first kappa shape index (κ1) is 20.7. The first-order chi connectivity index (χ1) is 15.7. The number of nitrogens with one attached hydrogen (secondary N) is 1. The molecule has 0 spiro atoms. The lowest BCUT2D eigenvalue weighted by molar-refractivity contribution is 0.0600. The maximum atomic E-state index is 11.8. The Morgan fingerprint density at radius 1 is 1.09 bits per heavy atom. The first-order valence-corrected chi connectivity index (χ1v) is 11.4. The van der Waals surface area contributed by atoms with Gasteiger partial charge in [-0.05, 0) is 73.6 Å². The van der Waals surface area contributed by atoms with Crippen LogP contribution >= 0.6 is 12.2 Å². The summed E-state index contributed by atoms with van der Waals surface area (Å²) in [6, 6.07) is 18.2. The van der Waals surface area contributed by atoms with Crippen molar-refractivity contribution in [3.8, 4) is 5.69 Å². The number of aromatic nitrogens is 2. The molecule has 0 bridgehead atoms. The van der Waals surface area contributed by atoms with Crippen molar-refractivity contribution in [2.45, 2.75) is 43.8 Å². The third-order valence-electron chi connectivity index (χ3n) is 6.50. The number of carbonyl (C=O) groups excluding carboxylic acids is 1. The van der Waals surface area contributed by atoms with Gasteiger partial charge in [0, 0.05) is 29.8 Å². The minimum atomic E-state index is -0.336. The third kappa shape index (κ3) is 3.66. The number of carbonyl (C=O) groups is 1. The van der Waals surface area contributed by atoms with Gasteiger partial charge in [0.2, 0.25) is 0 Å². The average molecular weight is 447 g/mol. The van der Waals surface area contributed by atoms with Gasteiger partial charge in [0.15, 0.2) is 5.11 Å². The van der Waals surface area contributed by atoms with Crippen LogP contribution < -0.4 is 5.32 Å². The summed E-state index contributed by atoms with van der Waals surface area (Å²) in [4.78, 5) is 18.9. The van der Waals surface area contributed by atoms with E-state index in [1.165, 1.54) is 20.0 Å². The second-order valence-electron chi connectivity index (χ2n) is 8.31. The molecule has 1 saturated heterocycles. The van der Waals surface area contributed by atoms with Crippen molar-refractivity contribution in [2.75, 3.05) is 7.11 Å². The van der Waals surface area contributed by atoms with Gasteiger partial charge in [0.25, 0.3) is 0 Å². The van der Waals surface area contributed by atoms with Crippen LogP contribution in [0.1, 0.15) is 59.5 Å². The molecule has 1 aliphatic carbocycles. The number of ether oxygens (including phenoxy) is 1. The van der Waals surface area contributed by atoms with Gasteiger partial charge < -0.3 is 19.5 Å². The van der Waals surface area contributed by atoms with Crippen molar-refractivity contribution >= 4 is 23.3 Å². The lowest BCUT2D eigenvalue weighted by atomic mass is 9.99. The lowest BCUT2D eigenvalue weighted by Crippen LogP contribution is -2.38. The Kier molecular flexibility index (Phi) is 5.66. The molecule has 2 aromatic heterocycles. The Morgan fingerprint density at radius 3 is 2.56 bits per heavy atom. The smallest absolute Gasteiger partial charge is 0.337 e. The molecule has 3 heterocycles. The summed E-state index contributed by atoms with van der Waals surface area (Å²) in [7, 11) is 1.39. The van der Waals surface area contributed by atoms with E-state index in [-0.39, 0.29) is 18.1 Å². The highest BCUT2D eigenvalue weighted by molar-refractivity contribution is 7.80. The summed E-state index contributed by atoms with van der Waals surface area (Å²) in [5, 5.41) is 4.36. The fourth-order valence-corrected chi connectivity index (χ4v) is 5.39. The van der Waals surface area contributed by atoms with Crippen molar-refractivity contribution in [1.29, 1.82) is 0 Å². The van der Waals surface area contributed by atoms with Crippen LogP contribution in [-0.2, 0) is 4.74 Å². The van der Waals surface area contributed by atoms with Crippen LogP contribution in [0, 0.1) is 0 Å². The van der Waals surface area contributed by atoms with Gasteiger partial charge in [-0.3, -0.25) is 4.98 Å². The number of esters is 1. The predicted octanol–water partition coefficient (Wildman–Crippen LogP) is 4.57. The summed E-state index contributed by atoms with van der Waals surface area (Å²) in [6.07, 6.45) is 8.68. The van der Waals surface area contributed by atoms with Gasteiger partial charge in [-0.2, -0.15) is 0 Å². The zero-order valence-corrected chi connectivity index (χ0v) is 18.8. The van der Waals surface area contributed by atoms with Crippen LogP contribution in [0.15, 0.2) is 67.0 Å². The Hall–Kier alpha value is -3.19. The average Bonchev–Trinajstić information content (AvgIpc) is 3.58. The number of thiocarbonyl (C=S) groups is 1.